The Hall–Kier alpha value is -1.87. The Morgan fingerprint density at radius 3 is 2.45 bits per heavy atom. The van der Waals surface area contributed by atoms with Gasteiger partial charge in [0.25, 0.3) is 0 Å². The van der Waals surface area contributed by atoms with Gasteiger partial charge in [-0.05, 0) is 48.2 Å². The summed E-state index contributed by atoms with van der Waals surface area (Å²) in [5.41, 5.74) is 2.77. The van der Waals surface area contributed by atoms with Crippen LogP contribution in [-0.4, -0.2) is 11.7 Å². The number of benzene rings is 2. The van der Waals surface area contributed by atoms with Crippen molar-refractivity contribution in [3.8, 4) is 5.75 Å². The lowest BCUT2D eigenvalue weighted by Crippen LogP contribution is -2.10. The van der Waals surface area contributed by atoms with Gasteiger partial charge < -0.3 is 9.84 Å². The first kappa shape index (κ1) is 14.5. The number of hydrogen-bond acceptors (Lipinski definition) is 2. The van der Waals surface area contributed by atoms with Gasteiger partial charge >= 0.3 is 0 Å². The number of halogens is 1. The highest BCUT2D eigenvalue weighted by Crippen LogP contribution is 2.21. The fourth-order valence-corrected chi connectivity index (χ4v) is 2.02. The highest BCUT2D eigenvalue weighted by molar-refractivity contribution is 5.32. The number of hydrogen-bond donors (Lipinski definition) is 1. The minimum Gasteiger partial charge on any atom is -0.490 e. The molecule has 106 valence electrons. The smallest absolute Gasteiger partial charge is 0.123 e. The third kappa shape index (κ3) is 3.58. The minimum absolute atomic E-state index is 0.151. The number of aliphatic hydroxyl groups excluding tert-OH is 1. The molecule has 0 radical (unpaired) electrons. The van der Waals surface area contributed by atoms with Crippen molar-refractivity contribution < 1.29 is 14.2 Å². The molecule has 1 unspecified atom stereocenters. The molecular formula is C17H19FO2. The van der Waals surface area contributed by atoms with Gasteiger partial charge in [0, 0.05) is 0 Å². The molecule has 0 saturated heterocycles. The van der Waals surface area contributed by atoms with Crippen LogP contribution in [0.3, 0.4) is 0 Å². The molecule has 0 heterocycles. The molecule has 2 aromatic rings. The van der Waals surface area contributed by atoms with E-state index in [1.807, 2.05) is 24.3 Å². The van der Waals surface area contributed by atoms with Crippen molar-refractivity contribution in [2.45, 2.75) is 26.4 Å². The van der Waals surface area contributed by atoms with Crippen molar-refractivity contribution in [3.05, 3.63) is 65.0 Å². The van der Waals surface area contributed by atoms with E-state index in [1.54, 1.807) is 13.0 Å². The first-order chi connectivity index (χ1) is 9.60. The molecule has 1 N–H and O–H groups in total. The lowest BCUT2D eigenvalue weighted by atomic mass is 10.1. The normalized spacial score (nSPS) is 12.2. The van der Waals surface area contributed by atoms with Crippen molar-refractivity contribution in [1.82, 2.24) is 0 Å². The van der Waals surface area contributed by atoms with Crippen LogP contribution in [0.25, 0.3) is 0 Å². The van der Waals surface area contributed by atoms with E-state index in [-0.39, 0.29) is 12.4 Å². The first-order valence-corrected chi connectivity index (χ1v) is 6.76. The summed E-state index contributed by atoms with van der Waals surface area (Å²) in [4.78, 5) is 0. The van der Waals surface area contributed by atoms with E-state index in [4.69, 9.17) is 4.74 Å². The van der Waals surface area contributed by atoms with Crippen LogP contribution in [-0.2, 0) is 6.42 Å². The molecule has 0 fully saturated rings. The molecule has 0 aliphatic carbocycles. The average Bonchev–Trinajstić information content (AvgIpc) is 2.46. The molecule has 20 heavy (non-hydrogen) atoms. The first-order valence-electron chi connectivity index (χ1n) is 6.76. The molecule has 2 aromatic carbocycles. The van der Waals surface area contributed by atoms with Gasteiger partial charge in [-0.3, -0.25) is 0 Å². The molecule has 0 aromatic heterocycles. The zero-order valence-corrected chi connectivity index (χ0v) is 11.8. The molecule has 2 rings (SSSR count). The van der Waals surface area contributed by atoms with Crippen LogP contribution in [0.15, 0.2) is 42.5 Å². The lowest BCUT2D eigenvalue weighted by Gasteiger charge is -2.14. The molecule has 0 aliphatic heterocycles. The standard InChI is InChI=1S/C17H19FO2/c1-3-13-4-6-14(7-5-13)16(19)11-20-17-9-8-15(18)10-12(17)2/h4-10,16,19H,3,11H2,1-2H3. The van der Waals surface area contributed by atoms with Crippen LogP contribution in [0.1, 0.15) is 29.7 Å². The number of aliphatic hydroxyl groups is 1. The third-order valence-electron chi connectivity index (χ3n) is 3.31. The van der Waals surface area contributed by atoms with Gasteiger partial charge in [-0.2, -0.15) is 0 Å². The van der Waals surface area contributed by atoms with Crippen molar-refractivity contribution in [2.24, 2.45) is 0 Å². The summed E-state index contributed by atoms with van der Waals surface area (Å²) in [6.45, 7) is 4.02. The second kappa shape index (κ2) is 6.53. The maximum Gasteiger partial charge on any atom is 0.123 e. The molecule has 0 amide bonds. The van der Waals surface area contributed by atoms with Gasteiger partial charge in [-0.15, -0.1) is 0 Å². The molecule has 0 aliphatic rings. The molecule has 3 heteroatoms. The van der Waals surface area contributed by atoms with Gasteiger partial charge in [-0.1, -0.05) is 31.2 Å². The average molecular weight is 274 g/mol. The Morgan fingerprint density at radius 2 is 1.85 bits per heavy atom. The Morgan fingerprint density at radius 1 is 1.15 bits per heavy atom. The number of ether oxygens (including phenoxy) is 1. The largest absolute Gasteiger partial charge is 0.490 e. The SMILES string of the molecule is CCc1ccc(C(O)COc2ccc(F)cc2C)cc1. The highest BCUT2D eigenvalue weighted by Gasteiger charge is 2.09. The summed E-state index contributed by atoms with van der Waals surface area (Å²) < 4.78 is 18.5. The van der Waals surface area contributed by atoms with Crippen LogP contribution in [0.5, 0.6) is 5.75 Å². The van der Waals surface area contributed by atoms with E-state index in [0.717, 1.165) is 17.5 Å². The monoisotopic (exact) mass is 274 g/mol. The minimum atomic E-state index is -0.689. The molecule has 0 spiro atoms. The van der Waals surface area contributed by atoms with E-state index in [9.17, 15) is 9.50 Å². The van der Waals surface area contributed by atoms with Gasteiger partial charge in [0.05, 0.1) is 0 Å². The fraction of sp³-hybridized carbons (Fsp3) is 0.294. The zero-order chi connectivity index (χ0) is 14.5. The summed E-state index contributed by atoms with van der Waals surface area (Å²) in [6, 6.07) is 12.2. The zero-order valence-electron chi connectivity index (χ0n) is 11.8. The van der Waals surface area contributed by atoms with E-state index >= 15 is 0 Å². The predicted molar refractivity (Wildman–Crippen MR) is 77.4 cm³/mol. The summed E-state index contributed by atoms with van der Waals surface area (Å²) in [6.07, 6.45) is 0.284. The van der Waals surface area contributed by atoms with Gasteiger partial charge in [0.2, 0.25) is 0 Å². The predicted octanol–water partition coefficient (Wildman–Crippen LogP) is 3.81. The van der Waals surface area contributed by atoms with E-state index in [1.165, 1.54) is 17.7 Å². The third-order valence-corrected chi connectivity index (χ3v) is 3.31. The van der Waals surface area contributed by atoms with Crippen molar-refractivity contribution in [2.75, 3.05) is 6.61 Å². The highest BCUT2D eigenvalue weighted by atomic mass is 19.1. The van der Waals surface area contributed by atoms with Crippen molar-refractivity contribution >= 4 is 0 Å². The van der Waals surface area contributed by atoms with Crippen LogP contribution in [0, 0.1) is 12.7 Å². The van der Waals surface area contributed by atoms with Crippen LogP contribution in [0.4, 0.5) is 4.39 Å². The Bertz CT molecular complexity index is 564. The van der Waals surface area contributed by atoms with Crippen LogP contribution >= 0.6 is 0 Å². The van der Waals surface area contributed by atoms with Gasteiger partial charge in [-0.25, -0.2) is 4.39 Å². The lowest BCUT2D eigenvalue weighted by molar-refractivity contribution is 0.108. The second-order valence-corrected chi connectivity index (χ2v) is 4.83. The molecule has 1 atom stereocenters. The summed E-state index contributed by atoms with van der Waals surface area (Å²) in [5.74, 6) is 0.307. The van der Waals surface area contributed by atoms with Crippen LogP contribution < -0.4 is 4.74 Å². The summed E-state index contributed by atoms with van der Waals surface area (Å²) >= 11 is 0. The summed E-state index contributed by atoms with van der Waals surface area (Å²) in [5, 5.41) is 10.1. The molecular weight excluding hydrogens is 255 g/mol. The Balaban J connectivity index is 1.98. The van der Waals surface area contributed by atoms with Gasteiger partial charge in [0.1, 0.15) is 24.3 Å². The molecule has 2 nitrogen and oxygen atoms in total. The van der Waals surface area contributed by atoms with Crippen molar-refractivity contribution in [1.29, 1.82) is 0 Å². The number of aryl methyl sites for hydroxylation is 2. The quantitative estimate of drug-likeness (QED) is 0.898. The summed E-state index contributed by atoms with van der Waals surface area (Å²) in [7, 11) is 0. The fourth-order valence-electron chi connectivity index (χ4n) is 2.02. The Labute approximate surface area is 118 Å². The topological polar surface area (TPSA) is 29.5 Å². The van der Waals surface area contributed by atoms with Crippen LogP contribution in [0.2, 0.25) is 0 Å². The Kier molecular flexibility index (Phi) is 4.74. The molecule has 0 saturated carbocycles. The number of rotatable bonds is 5. The molecule has 0 bridgehead atoms. The second-order valence-electron chi connectivity index (χ2n) is 4.83. The van der Waals surface area contributed by atoms with Gasteiger partial charge in [0.15, 0.2) is 0 Å². The van der Waals surface area contributed by atoms with Crippen molar-refractivity contribution in [3.63, 3.8) is 0 Å². The maximum atomic E-state index is 13.0. The van der Waals surface area contributed by atoms with E-state index in [0.29, 0.717) is 5.75 Å². The van der Waals surface area contributed by atoms with E-state index < -0.39 is 6.10 Å². The van der Waals surface area contributed by atoms with E-state index in [2.05, 4.69) is 6.92 Å². The maximum absolute atomic E-state index is 13.0.